The highest BCUT2D eigenvalue weighted by Crippen LogP contribution is 2.14. The third kappa shape index (κ3) is 3.61. The Bertz CT molecular complexity index is 1040. The molecule has 0 saturated carbocycles. The molecule has 1 fully saturated rings. The van der Waals surface area contributed by atoms with E-state index in [0.29, 0.717) is 25.3 Å². The van der Waals surface area contributed by atoms with Gasteiger partial charge in [0.2, 0.25) is 0 Å². The second-order valence-corrected chi connectivity index (χ2v) is 6.90. The van der Waals surface area contributed by atoms with Crippen LogP contribution in [-0.4, -0.2) is 51.3 Å². The summed E-state index contributed by atoms with van der Waals surface area (Å²) in [6.07, 6.45) is 1.73. The lowest BCUT2D eigenvalue weighted by Gasteiger charge is -2.34. The molecule has 0 atom stereocenters. The van der Waals surface area contributed by atoms with Crippen LogP contribution < -0.4 is 5.56 Å². The van der Waals surface area contributed by atoms with Crippen LogP contribution in [0.25, 0.3) is 5.65 Å². The van der Waals surface area contributed by atoms with Crippen molar-refractivity contribution >= 4 is 11.6 Å². The molecule has 0 unspecified atom stereocenters. The Hall–Kier alpha value is -2.99. The molecule has 2 aromatic heterocycles. The number of hydrogen-bond donors (Lipinski definition) is 0. The van der Waals surface area contributed by atoms with E-state index in [-0.39, 0.29) is 11.5 Å². The summed E-state index contributed by atoms with van der Waals surface area (Å²) in [5.41, 5.74) is 3.14. The first-order chi connectivity index (χ1) is 13.1. The van der Waals surface area contributed by atoms with Crippen molar-refractivity contribution in [3.05, 3.63) is 81.9 Å². The number of fused-ring (bicyclic) bond motifs is 1. The minimum Gasteiger partial charge on any atom is -0.336 e. The molecule has 0 radical (unpaired) electrons. The van der Waals surface area contributed by atoms with Gasteiger partial charge in [-0.1, -0.05) is 24.3 Å². The standard InChI is InChI=1S/C21H22N4O2/c1-16-6-2-3-7-18(16)21(27)24-12-10-23(11-13-24)15-17-14-20(26)25-9-5-4-8-19(25)22-17/h2-9,14H,10-13,15H2,1H3. The second-order valence-electron chi connectivity index (χ2n) is 6.90. The maximum atomic E-state index is 12.7. The molecule has 138 valence electrons. The highest BCUT2D eigenvalue weighted by molar-refractivity contribution is 5.95. The van der Waals surface area contributed by atoms with Gasteiger partial charge in [0.1, 0.15) is 5.65 Å². The van der Waals surface area contributed by atoms with Crippen LogP contribution in [0.1, 0.15) is 21.6 Å². The number of benzene rings is 1. The van der Waals surface area contributed by atoms with Crippen molar-refractivity contribution in [1.29, 1.82) is 0 Å². The summed E-state index contributed by atoms with van der Waals surface area (Å²) in [6, 6.07) is 14.8. The van der Waals surface area contributed by atoms with Crippen LogP contribution >= 0.6 is 0 Å². The van der Waals surface area contributed by atoms with Crippen molar-refractivity contribution < 1.29 is 4.79 Å². The fraction of sp³-hybridized carbons (Fsp3) is 0.286. The molecule has 1 aliphatic rings. The lowest BCUT2D eigenvalue weighted by Crippen LogP contribution is -2.48. The number of hydrogen-bond acceptors (Lipinski definition) is 4. The molecular weight excluding hydrogens is 340 g/mol. The van der Waals surface area contributed by atoms with E-state index in [1.807, 2.05) is 54.3 Å². The number of nitrogens with zero attached hydrogens (tertiary/aromatic N) is 4. The zero-order valence-electron chi connectivity index (χ0n) is 15.3. The normalized spacial score (nSPS) is 15.2. The Morgan fingerprint density at radius 2 is 1.78 bits per heavy atom. The Balaban J connectivity index is 1.42. The number of carbonyl (C=O) groups excluding carboxylic acids is 1. The summed E-state index contributed by atoms with van der Waals surface area (Å²) in [5, 5.41) is 0. The first-order valence-electron chi connectivity index (χ1n) is 9.16. The highest BCUT2D eigenvalue weighted by atomic mass is 16.2. The van der Waals surface area contributed by atoms with E-state index in [9.17, 15) is 9.59 Å². The van der Waals surface area contributed by atoms with Gasteiger partial charge in [-0.05, 0) is 30.7 Å². The minimum atomic E-state index is -0.0658. The van der Waals surface area contributed by atoms with Gasteiger partial charge in [-0.25, -0.2) is 4.98 Å². The van der Waals surface area contributed by atoms with E-state index in [1.165, 1.54) is 0 Å². The molecular formula is C21H22N4O2. The summed E-state index contributed by atoms with van der Waals surface area (Å²) >= 11 is 0. The first kappa shape index (κ1) is 17.4. The van der Waals surface area contributed by atoms with Crippen molar-refractivity contribution in [1.82, 2.24) is 19.2 Å². The van der Waals surface area contributed by atoms with Gasteiger partial charge >= 0.3 is 0 Å². The summed E-state index contributed by atoms with van der Waals surface area (Å²) in [5.74, 6) is 0.0924. The van der Waals surface area contributed by atoms with Crippen molar-refractivity contribution in [3.8, 4) is 0 Å². The van der Waals surface area contributed by atoms with Gasteiger partial charge in [0.15, 0.2) is 0 Å². The lowest BCUT2D eigenvalue weighted by atomic mass is 10.1. The summed E-state index contributed by atoms with van der Waals surface area (Å²) < 4.78 is 1.54. The predicted octanol–water partition coefficient (Wildman–Crippen LogP) is 1.96. The molecule has 6 nitrogen and oxygen atoms in total. The van der Waals surface area contributed by atoms with Gasteiger partial charge in [0.05, 0.1) is 5.69 Å². The molecule has 27 heavy (non-hydrogen) atoms. The maximum Gasteiger partial charge on any atom is 0.258 e. The van der Waals surface area contributed by atoms with Crippen molar-refractivity contribution in [3.63, 3.8) is 0 Å². The number of carbonyl (C=O) groups is 1. The van der Waals surface area contributed by atoms with Gasteiger partial charge in [-0.15, -0.1) is 0 Å². The van der Waals surface area contributed by atoms with Crippen LogP contribution in [-0.2, 0) is 6.54 Å². The number of aromatic nitrogens is 2. The van der Waals surface area contributed by atoms with Crippen LogP contribution in [0.3, 0.4) is 0 Å². The molecule has 0 spiro atoms. The molecule has 3 aromatic rings. The van der Waals surface area contributed by atoms with E-state index in [0.717, 1.165) is 29.9 Å². The molecule has 0 bridgehead atoms. The summed E-state index contributed by atoms with van der Waals surface area (Å²) in [7, 11) is 0. The summed E-state index contributed by atoms with van der Waals surface area (Å²) in [4.78, 5) is 33.7. The smallest absolute Gasteiger partial charge is 0.258 e. The topological polar surface area (TPSA) is 57.9 Å². The number of rotatable bonds is 3. The molecule has 1 amide bonds. The number of pyridine rings is 1. The SMILES string of the molecule is Cc1ccccc1C(=O)N1CCN(Cc2cc(=O)n3ccccc3n2)CC1. The molecule has 0 N–H and O–H groups in total. The third-order valence-electron chi connectivity index (χ3n) is 5.04. The van der Waals surface area contributed by atoms with Gasteiger partial charge in [-0.3, -0.25) is 18.9 Å². The predicted molar refractivity (Wildman–Crippen MR) is 104 cm³/mol. The maximum absolute atomic E-state index is 12.7. The zero-order valence-corrected chi connectivity index (χ0v) is 15.3. The Morgan fingerprint density at radius 1 is 1.04 bits per heavy atom. The van der Waals surface area contributed by atoms with Crippen molar-refractivity contribution in [2.45, 2.75) is 13.5 Å². The molecule has 1 saturated heterocycles. The van der Waals surface area contributed by atoms with Gasteiger partial charge in [0, 0.05) is 50.6 Å². The molecule has 6 heteroatoms. The largest absolute Gasteiger partial charge is 0.336 e. The van der Waals surface area contributed by atoms with E-state index in [4.69, 9.17) is 0 Å². The highest BCUT2D eigenvalue weighted by Gasteiger charge is 2.23. The lowest BCUT2D eigenvalue weighted by molar-refractivity contribution is 0.0626. The van der Waals surface area contributed by atoms with Gasteiger partial charge < -0.3 is 4.90 Å². The average molecular weight is 362 g/mol. The van der Waals surface area contributed by atoms with Crippen LogP contribution in [0.4, 0.5) is 0 Å². The van der Waals surface area contributed by atoms with Crippen LogP contribution in [0, 0.1) is 6.92 Å². The molecule has 0 aliphatic carbocycles. The van der Waals surface area contributed by atoms with E-state index >= 15 is 0 Å². The van der Waals surface area contributed by atoms with Crippen molar-refractivity contribution in [2.75, 3.05) is 26.2 Å². The fourth-order valence-electron chi connectivity index (χ4n) is 3.51. The van der Waals surface area contributed by atoms with Crippen molar-refractivity contribution in [2.24, 2.45) is 0 Å². The molecule has 3 heterocycles. The number of amides is 1. The quantitative estimate of drug-likeness (QED) is 0.715. The van der Waals surface area contributed by atoms with Crippen LogP contribution in [0.2, 0.25) is 0 Å². The Morgan fingerprint density at radius 3 is 2.56 bits per heavy atom. The van der Waals surface area contributed by atoms with Crippen LogP contribution in [0.15, 0.2) is 59.5 Å². The number of aryl methyl sites for hydroxylation is 1. The molecule has 4 rings (SSSR count). The van der Waals surface area contributed by atoms with Gasteiger partial charge in [-0.2, -0.15) is 0 Å². The third-order valence-corrected chi connectivity index (χ3v) is 5.04. The fourth-order valence-corrected chi connectivity index (χ4v) is 3.51. The second kappa shape index (κ2) is 7.32. The van der Waals surface area contributed by atoms with E-state index < -0.39 is 0 Å². The monoisotopic (exact) mass is 362 g/mol. The Kier molecular flexibility index (Phi) is 4.73. The van der Waals surface area contributed by atoms with E-state index in [2.05, 4.69) is 9.88 Å². The number of piperazine rings is 1. The van der Waals surface area contributed by atoms with E-state index in [1.54, 1.807) is 16.7 Å². The zero-order chi connectivity index (χ0) is 18.8. The van der Waals surface area contributed by atoms with Gasteiger partial charge in [0.25, 0.3) is 11.5 Å². The van der Waals surface area contributed by atoms with Crippen LogP contribution in [0.5, 0.6) is 0 Å². The Labute approximate surface area is 157 Å². The minimum absolute atomic E-state index is 0.0658. The first-order valence-corrected chi connectivity index (χ1v) is 9.16. The molecule has 1 aliphatic heterocycles. The molecule has 1 aromatic carbocycles. The average Bonchev–Trinajstić information content (AvgIpc) is 2.68. The summed E-state index contributed by atoms with van der Waals surface area (Å²) in [6.45, 7) is 5.49.